The largest absolute Gasteiger partial charge is 0.493 e. The molecule has 1 aliphatic heterocycles. The van der Waals surface area contributed by atoms with Gasteiger partial charge in [0.15, 0.2) is 11.5 Å². The van der Waals surface area contributed by atoms with Crippen LogP contribution in [-0.4, -0.2) is 65.9 Å². The molecule has 0 saturated carbocycles. The van der Waals surface area contributed by atoms with Crippen molar-refractivity contribution in [2.24, 2.45) is 0 Å². The predicted molar refractivity (Wildman–Crippen MR) is 123 cm³/mol. The van der Waals surface area contributed by atoms with Crippen molar-refractivity contribution in [3.63, 3.8) is 0 Å². The number of rotatable bonds is 9. The summed E-state index contributed by atoms with van der Waals surface area (Å²) in [5, 5.41) is 3.11. The maximum atomic E-state index is 13.0. The lowest BCUT2D eigenvalue weighted by molar-refractivity contribution is 0.0937. The highest BCUT2D eigenvalue weighted by atomic mass is 16.5. The Hall–Kier alpha value is -2.93. The first kappa shape index (κ1) is 22.7. The van der Waals surface area contributed by atoms with Gasteiger partial charge in [-0.15, -0.1) is 0 Å². The van der Waals surface area contributed by atoms with Crippen LogP contribution in [0.3, 0.4) is 0 Å². The van der Waals surface area contributed by atoms with Gasteiger partial charge in [0.05, 0.1) is 27.4 Å². The standard InChI is InChI=1S/C24H33N3O4/c1-26(2)19-10-8-17(9-11-19)20(27-12-6-7-13-27)16-25-24(28)18-14-21(29-3)23(31-5)22(15-18)30-4/h8-11,14-15,20H,6-7,12-13,16H2,1-5H3,(H,25,28). The van der Waals surface area contributed by atoms with Crippen LogP contribution < -0.4 is 24.4 Å². The summed E-state index contributed by atoms with van der Waals surface area (Å²) in [5.74, 6) is 1.22. The van der Waals surface area contributed by atoms with E-state index >= 15 is 0 Å². The van der Waals surface area contributed by atoms with E-state index in [9.17, 15) is 4.79 Å². The second-order valence-electron chi connectivity index (χ2n) is 7.87. The van der Waals surface area contributed by atoms with Gasteiger partial charge < -0.3 is 24.4 Å². The number of benzene rings is 2. The fourth-order valence-corrected chi connectivity index (χ4v) is 4.01. The number of carbonyl (C=O) groups excluding carboxylic acids is 1. The maximum absolute atomic E-state index is 13.0. The van der Waals surface area contributed by atoms with Crippen molar-refractivity contribution >= 4 is 11.6 Å². The Bertz CT molecular complexity index is 852. The van der Waals surface area contributed by atoms with E-state index < -0.39 is 0 Å². The van der Waals surface area contributed by atoms with E-state index in [4.69, 9.17) is 14.2 Å². The first-order valence-electron chi connectivity index (χ1n) is 10.6. The zero-order valence-corrected chi connectivity index (χ0v) is 19.1. The van der Waals surface area contributed by atoms with Crippen molar-refractivity contribution in [3.05, 3.63) is 47.5 Å². The lowest BCUT2D eigenvalue weighted by Gasteiger charge is -2.28. The molecular weight excluding hydrogens is 394 g/mol. The third kappa shape index (κ3) is 5.22. The van der Waals surface area contributed by atoms with E-state index in [2.05, 4.69) is 39.4 Å². The molecule has 0 aromatic heterocycles. The average molecular weight is 428 g/mol. The summed E-state index contributed by atoms with van der Waals surface area (Å²) in [7, 11) is 8.69. The van der Waals surface area contributed by atoms with Crippen molar-refractivity contribution in [2.75, 3.05) is 60.0 Å². The minimum Gasteiger partial charge on any atom is -0.493 e. The van der Waals surface area contributed by atoms with Crippen LogP contribution in [0.2, 0.25) is 0 Å². The van der Waals surface area contributed by atoms with Crippen LogP contribution in [0.25, 0.3) is 0 Å². The Morgan fingerprint density at radius 2 is 1.58 bits per heavy atom. The van der Waals surface area contributed by atoms with Gasteiger partial charge in [0.2, 0.25) is 5.75 Å². The molecule has 2 aromatic rings. The summed E-state index contributed by atoms with van der Waals surface area (Å²) in [6, 6.07) is 12.0. The first-order chi connectivity index (χ1) is 15.0. The highest BCUT2D eigenvalue weighted by molar-refractivity contribution is 5.95. The quantitative estimate of drug-likeness (QED) is 0.662. The number of carbonyl (C=O) groups is 1. The molecule has 1 saturated heterocycles. The number of hydrogen-bond acceptors (Lipinski definition) is 6. The van der Waals surface area contributed by atoms with E-state index in [0.717, 1.165) is 18.8 Å². The van der Waals surface area contributed by atoms with Gasteiger partial charge in [-0.25, -0.2) is 0 Å². The molecule has 0 spiro atoms. The molecule has 7 heteroatoms. The van der Waals surface area contributed by atoms with E-state index in [1.807, 2.05) is 14.1 Å². The first-order valence-corrected chi connectivity index (χ1v) is 10.6. The predicted octanol–water partition coefficient (Wildman–Crippen LogP) is 3.35. The van der Waals surface area contributed by atoms with Crippen LogP contribution in [0.4, 0.5) is 5.69 Å². The molecule has 7 nitrogen and oxygen atoms in total. The average Bonchev–Trinajstić information content (AvgIpc) is 3.32. The fourth-order valence-electron chi connectivity index (χ4n) is 4.01. The molecule has 0 aliphatic carbocycles. The third-order valence-corrected chi connectivity index (χ3v) is 5.76. The Balaban J connectivity index is 1.79. The van der Waals surface area contributed by atoms with Gasteiger partial charge in [-0.05, 0) is 55.8 Å². The summed E-state index contributed by atoms with van der Waals surface area (Å²) >= 11 is 0. The Kier molecular flexibility index (Phi) is 7.63. The molecular formula is C24H33N3O4. The molecule has 0 radical (unpaired) electrons. The summed E-state index contributed by atoms with van der Waals surface area (Å²) in [4.78, 5) is 17.5. The normalized spacial score (nSPS) is 14.7. The number of ether oxygens (including phenoxy) is 3. The minimum atomic E-state index is -0.173. The van der Waals surface area contributed by atoms with Crippen molar-refractivity contribution < 1.29 is 19.0 Å². The SMILES string of the molecule is COc1cc(C(=O)NCC(c2ccc(N(C)C)cc2)N2CCCC2)cc(OC)c1OC. The van der Waals surface area contributed by atoms with Crippen LogP contribution in [0.1, 0.15) is 34.8 Å². The number of anilines is 1. The van der Waals surface area contributed by atoms with Crippen LogP contribution in [0, 0.1) is 0 Å². The molecule has 3 rings (SSSR count). The third-order valence-electron chi connectivity index (χ3n) is 5.76. The Morgan fingerprint density at radius 1 is 1.00 bits per heavy atom. The zero-order valence-electron chi connectivity index (χ0n) is 19.1. The van der Waals surface area contributed by atoms with Crippen molar-refractivity contribution in [2.45, 2.75) is 18.9 Å². The molecule has 1 fully saturated rings. The van der Waals surface area contributed by atoms with Gasteiger partial charge in [0.1, 0.15) is 0 Å². The molecule has 1 heterocycles. The molecule has 1 unspecified atom stereocenters. The van der Waals surface area contributed by atoms with E-state index in [0.29, 0.717) is 29.4 Å². The second kappa shape index (κ2) is 10.4. The van der Waals surface area contributed by atoms with Gasteiger partial charge in [0.25, 0.3) is 5.91 Å². The number of hydrogen-bond donors (Lipinski definition) is 1. The smallest absolute Gasteiger partial charge is 0.251 e. The number of likely N-dealkylation sites (tertiary alicyclic amines) is 1. The molecule has 1 N–H and O–H groups in total. The topological polar surface area (TPSA) is 63.3 Å². The van der Waals surface area contributed by atoms with E-state index in [1.54, 1.807) is 33.5 Å². The minimum absolute atomic E-state index is 0.129. The van der Waals surface area contributed by atoms with Gasteiger partial charge in [-0.3, -0.25) is 9.69 Å². The number of nitrogens with one attached hydrogen (secondary N) is 1. The molecule has 1 aliphatic rings. The maximum Gasteiger partial charge on any atom is 0.251 e. The highest BCUT2D eigenvalue weighted by Gasteiger charge is 2.25. The summed E-state index contributed by atoms with van der Waals surface area (Å²) < 4.78 is 16.1. The summed E-state index contributed by atoms with van der Waals surface area (Å²) in [6.45, 7) is 2.61. The lowest BCUT2D eigenvalue weighted by atomic mass is 10.0. The van der Waals surface area contributed by atoms with Crippen LogP contribution in [-0.2, 0) is 0 Å². The van der Waals surface area contributed by atoms with E-state index in [-0.39, 0.29) is 11.9 Å². The van der Waals surface area contributed by atoms with Crippen LogP contribution in [0.5, 0.6) is 17.2 Å². The number of nitrogens with zero attached hydrogens (tertiary/aromatic N) is 2. The molecule has 1 atom stereocenters. The monoisotopic (exact) mass is 427 g/mol. The fraction of sp³-hybridized carbons (Fsp3) is 0.458. The molecule has 0 bridgehead atoms. The highest BCUT2D eigenvalue weighted by Crippen LogP contribution is 2.38. The Labute approximate surface area is 184 Å². The van der Waals surface area contributed by atoms with Crippen molar-refractivity contribution in [3.8, 4) is 17.2 Å². The molecule has 2 aromatic carbocycles. The van der Waals surface area contributed by atoms with Gasteiger partial charge in [-0.1, -0.05) is 12.1 Å². The van der Waals surface area contributed by atoms with Gasteiger partial charge >= 0.3 is 0 Å². The second-order valence-corrected chi connectivity index (χ2v) is 7.87. The molecule has 31 heavy (non-hydrogen) atoms. The lowest BCUT2D eigenvalue weighted by Crippen LogP contribution is -2.36. The number of methoxy groups -OCH3 is 3. The Morgan fingerprint density at radius 3 is 2.06 bits per heavy atom. The van der Waals surface area contributed by atoms with Crippen molar-refractivity contribution in [1.29, 1.82) is 0 Å². The zero-order chi connectivity index (χ0) is 22.4. The summed E-state index contributed by atoms with van der Waals surface area (Å²) in [6.07, 6.45) is 2.38. The van der Waals surface area contributed by atoms with E-state index in [1.165, 1.54) is 18.4 Å². The van der Waals surface area contributed by atoms with Gasteiger partial charge in [0, 0.05) is 31.9 Å². The van der Waals surface area contributed by atoms with Gasteiger partial charge in [-0.2, -0.15) is 0 Å². The molecule has 1 amide bonds. The molecule has 168 valence electrons. The summed E-state index contributed by atoms with van der Waals surface area (Å²) in [5.41, 5.74) is 2.83. The van der Waals surface area contributed by atoms with Crippen LogP contribution >= 0.6 is 0 Å². The van der Waals surface area contributed by atoms with Crippen molar-refractivity contribution in [1.82, 2.24) is 10.2 Å². The number of amides is 1. The van der Waals surface area contributed by atoms with Crippen LogP contribution in [0.15, 0.2) is 36.4 Å².